The molecule has 0 N–H and O–H groups in total. The summed E-state index contributed by atoms with van der Waals surface area (Å²) in [6.07, 6.45) is 10.2. The van der Waals surface area contributed by atoms with Gasteiger partial charge in [-0.1, -0.05) is 32.6 Å². The maximum atomic E-state index is 4.29. The Morgan fingerprint density at radius 3 is 2.88 bits per heavy atom. The van der Waals surface area contributed by atoms with E-state index in [2.05, 4.69) is 27.5 Å². The van der Waals surface area contributed by atoms with E-state index in [9.17, 15) is 0 Å². The smallest absolute Gasteiger partial charge is 0.177 e. The van der Waals surface area contributed by atoms with E-state index < -0.39 is 0 Å². The predicted molar refractivity (Wildman–Crippen MR) is 66.3 cm³/mol. The van der Waals surface area contributed by atoms with Crippen LogP contribution in [0.2, 0.25) is 0 Å². The molecule has 0 atom stereocenters. The van der Waals surface area contributed by atoms with Gasteiger partial charge in [-0.2, -0.15) is 0 Å². The lowest BCUT2D eigenvalue weighted by atomic mass is 10.1. The number of rotatable bonds is 6. The number of fused-ring (bicyclic) bond motifs is 1. The third kappa shape index (κ3) is 2.60. The van der Waals surface area contributed by atoms with Crippen molar-refractivity contribution in [3.05, 3.63) is 24.7 Å². The van der Waals surface area contributed by atoms with Crippen LogP contribution in [0.5, 0.6) is 0 Å². The van der Waals surface area contributed by atoms with Crippen molar-refractivity contribution in [3.63, 3.8) is 0 Å². The zero-order valence-electron chi connectivity index (χ0n) is 9.89. The highest BCUT2D eigenvalue weighted by Gasteiger charge is 2.01. The molecule has 2 heterocycles. The van der Waals surface area contributed by atoms with Crippen molar-refractivity contribution in [2.75, 3.05) is 0 Å². The van der Waals surface area contributed by atoms with Crippen LogP contribution in [0.15, 0.2) is 24.7 Å². The summed E-state index contributed by atoms with van der Waals surface area (Å²) in [5, 5.41) is 0. The molecule has 2 aromatic heterocycles. The fraction of sp³-hybridized carbons (Fsp3) is 0.538. The zero-order valence-corrected chi connectivity index (χ0v) is 9.89. The van der Waals surface area contributed by atoms with Crippen LogP contribution in [0.3, 0.4) is 0 Å². The van der Waals surface area contributed by atoms with E-state index in [0.29, 0.717) is 0 Å². The van der Waals surface area contributed by atoms with Crippen LogP contribution in [-0.2, 0) is 6.54 Å². The number of unbranched alkanes of at least 4 members (excludes halogenated alkanes) is 4. The minimum absolute atomic E-state index is 0.857. The fourth-order valence-corrected chi connectivity index (χ4v) is 1.96. The Labute approximate surface area is 96.5 Å². The number of aryl methyl sites for hydroxylation is 1. The van der Waals surface area contributed by atoms with Crippen molar-refractivity contribution >= 4 is 11.2 Å². The summed E-state index contributed by atoms with van der Waals surface area (Å²) in [5.41, 5.74) is 2.01. The molecule has 0 amide bonds. The molecule has 0 aromatic carbocycles. The molecular weight excluding hydrogens is 198 g/mol. The number of imidazole rings is 1. The summed E-state index contributed by atoms with van der Waals surface area (Å²) in [6, 6.07) is 4.05. The molecule has 0 aliphatic carbocycles. The average Bonchev–Trinajstić information content (AvgIpc) is 2.73. The topological polar surface area (TPSA) is 30.7 Å². The Kier molecular flexibility index (Phi) is 3.91. The lowest BCUT2D eigenvalue weighted by Gasteiger charge is -2.03. The summed E-state index contributed by atoms with van der Waals surface area (Å²) in [6.45, 7) is 3.31. The number of hydrogen-bond acceptors (Lipinski definition) is 2. The van der Waals surface area contributed by atoms with Gasteiger partial charge in [0.2, 0.25) is 0 Å². The molecule has 0 bridgehead atoms. The van der Waals surface area contributed by atoms with Gasteiger partial charge in [0.05, 0.1) is 11.8 Å². The maximum Gasteiger partial charge on any atom is 0.177 e. The molecule has 0 spiro atoms. The van der Waals surface area contributed by atoms with Gasteiger partial charge in [-0.05, 0) is 18.6 Å². The van der Waals surface area contributed by atoms with Crippen LogP contribution in [0.4, 0.5) is 0 Å². The molecule has 3 nitrogen and oxygen atoms in total. The van der Waals surface area contributed by atoms with Gasteiger partial charge >= 0.3 is 0 Å². The molecule has 0 radical (unpaired) electrons. The van der Waals surface area contributed by atoms with Gasteiger partial charge in [0.15, 0.2) is 5.65 Å². The average molecular weight is 217 g/mol. The summed E-state index contributed by atoms with van der Waals surface area (Å²) in [5.74, 6) is 0. The zero-order chi connectivity index (χ0) is 11.2. The van der Waals surface area contributed by atoms with Crippen molar-refractivity contribution in [1.82, 2.24) is 14.5 Å². The second-order valence-electron chi connectivity index (χ2n) is 4.20. The molecule has 16 heavy (non-hydrogen) atoms. The second kappa shape index (κ2) is 5.64. The van der Waals surface area contributed by atoms with Crippen LogP contribution in [0, 0.1) is 0 Å². The minimum Gasteiger partial charge on any atom is -0.329 e. The lowest BCUT2D eigenvalue weighted by Crippen LogP contribution is -1.96. The summed E-state index contributed by atoms with van der Waals surface area (Å²) in [4.78, 5) is 8.51. The van der Waals surface area contributed by atoms with Crippen molar-refractivity contribution < 1.29 is 0 Å². The number of nitrogens with zero attached hydrogens (tertiary/aromatic N) is 3. The molecule has 0 saturated heterocycles. The largest absolute Gasteiger partial charge is 0.329 e. The molecule has 2 aromatic rings. The first-order valence-corrected chi connectivity index (χ1v) is 6.17. The van der Waals surface area contributed by atoms with Gasteiger partial charge in [-0.25, -0.2) is 9.97 Å². The van der Waals surface area contributed by atoms with Crippen LogP contribution >= 0.6 is 0 Å². The molecular formula is C13H19N3. The van der Waals surface area contributed by atoms with Crippen molar-refractivity contribution in [3.8, 4) is 0 Å². The summed E-state index contributed by atoms with van der Waals surface area (Å²) >= 11 is 0. The Bertz CT molecular complexity index is 433. The van der Waals surface area contributed by atoms with Gasteiger partial charge in [0, 0.05) is 12.7 Å². The molecule has 0 aliphatic heterocycles. The van der Waals surface area contributed by atoms with Crippen molar-refractivity contribution in [2.24, 2.45) is 0 Å². The molecule has 0 aliphatic rings. The first-order chi connectivity index (χ1) is 7.92. The predicted octanol–water partition coefficient (Wildman–Crippen LogP) is 3.40. The van der Waals surface area contributed by atoms with E-state index >= 15 is 0 Å². The second-order valence-corrected chi connectivity index (χ2v) is 4.20. The Morgan fingerprint density at radius 1 is 1.12 bits per heavy atom. The van der Waals surface area contributed by atoms with E-state index in [1.54, 1.807) is 6.20 Å². The quantitative estimate of drug-likeness (QED) is 0.694. The van der Waals surface area contributed by atoms with E-state index in [1.807, 2.05) is 12.4 Å². The normalized spacial score (nSPS) is 11.1. The standard InChI is InChI=1S/C13H19N3/c1-2-3-4-5-6-10-16-11-15-13-12(16)8-7-9-14-13/h7-9,11H,2-6,10H2,1H3. The minimum atomic E-state index is 0.857. The monoisotopic (exact) mass is 217 g/mol. The van der Waals surface area contributed by atoms with Gasteiger partial charge in [-0.15, -0.1) is 0 Å². The van der Waals surface area contributed by atoms with Gasteiger partial charge in [0.25, 0.3) is 0 Å². The molecule has 2 rings (SSSR count). The van der Waals surface area contributed by atoms with E-state index in [4.69, 9.17) is 0 Å². The van der Waals surface area contributed by atoms with Crippen molar-refractivity contribution in [1.29, 1.82) is 0 Å². The van der Waals surface area contributed by atoms with Gasteiger partial charge in [0.1, 0.15) is 0 Å². The molecule has 0 saturated carbocycles. The Hall–Kier alpha value is -1.38. The van der Waals surface area contributed by atoms with Crippen LogP contribution < -0.4 is 0 Å². The van der Waals surface area contributed by atoms with E-state index in [1.165, 1.54) is 32.1 Å². The van der Waals surface area contributed by atoms with Crippen LogP contribution in [0.1, 0.15) is 39.0 Å². The molecule has 0 unspecified atom stereocenters. The van der Waals surface area contributed by atoms with E-state index in [-0.39, 0.29) is 0 Å². The molecule has 3 heteroatoms. The van der Waals surface area contributed by atoms with Crippen molar-refractivity contribution in [2.45, 2.75) is 45.6 Å². The number of aromatic nitrogens is 3. The third-order valence-electron chi connectivity index (χ3n) is 2.90. The first kappa shape index (κ1) is 11.1. The fourth-order valence-electron chi connectivity index (χ4n) is 1.96. The third-order valence-corrected chi connectivity index (χ3v) is 2.90. The Balaban J connectivity index is 1.89. The molecule has 0 fully saturated rings. The highest BCUT2D eigenvalue weighted by atomic mass is 15.1. The Morgan fingerprint density at radius 2 is 2.00 bits per heavy atom. The lowest BCUT2D eigenvalue weighted by molar-refractivity contribution is 0.575. The highest BCUT2D eigenvalue weighted by molar-refractivity contribution is 5.70. The SMILES string of the molecule is CCCCCCCn1cnc2ncccc21. The van der Waals surface area contributed by atoms with Gasteiger partial charge < -0.3 is 4.57 Å². The number of pyridine rings is 1. The van der Waals surface area contributed by atoms with Crippen LogP contribution in [-0.4, -0.2) is 14.5 Å². The highest BCUT2D eigenvalue weighted by Crippen LogP contribution is 2.11. The number of hydrogen-bond donors (Lipinski definition) is 0. The summed E-state index contributed by atoms with van der Waals surface area (Å²) < 4.78 is 2.20. The van der Waals surface area contributed by atoms with Gasteiger partial charge in [-0.3, -0.25) is 0 Å². The van der Waals surface area contributed by atoms with Crippen LogP contribution in [0.25, 0.3) is 11.2 Å². The summed E-state index contributed by atoms with van der Waals surface area (Å²) in [7, 11) is 0. The maximum absolute atomic E-state index is 4.29. The molecule has 86 valence electrons. The first-order valence-electron chi connectivity index (χ1n) is 6.17. The van der Waals surface area contributed by atoms with E-state index in [0.717, 1.165) is 17.7 Å².